The number of hydrogen-bond donors (Lipinski definition) is 1. The highest BCUT2D eigenvalue weighted by Gasteiger charge is 2.25. The van der Waals surface area contributed by atoms with Crippen molar-refractivity contribution in [2.75, 3.05) is 25.5 Å². The molecule has 1 aliphatic rings. The molecule has 1 saturated heterocycles. The van der Waals surface area contributed by atoms with E-state index in [1.54, 1.807) is 19.3 Å². The van der Waals surface area contributed by atoms with Crippen molar-refractivity contribution in [3.05, 3.63) is 18.1 Å². The Morgan fingerprint density at radius 3 is 2.94 bits per heavy atom. The fourth-order valence-corrected chi connectivity index (χ4v) is 2.33. The van der Waals surface area contributed by atoms with E-state index in [0.29, 0.717) is 5.92 Å². The normalized spacial score (nSPS) is 20.1. The first kappa shape index (κ1) is 11.8. The SMILES string of the molecule is CNc1nccnc1C1CCCN(C(C)=O)C1. The number of nitrogens with one attached hydrogen (secondary N) is 1. The lowest BCUT2D eigenvalue weighted by Crippen LogP contribution is -2.38. The summed E-state index contributed by atoms with van der Waals surface area (Å²) in [5.41, 5.74) is 0.973. The zero-order chi connectivity index (χ0) is 12.3. The zero-order valence-electron chi connectivity index (χ0n) is 10.3. The Bertz CT molecular complexity index is 407. The molecule has 0 saturated carbocycles. The van der Waals surface area contributed by atoms with Crippen LogP contribution < -0.4 is 5.32 Å². The number of anilines is 1. The van der Waals surface area contributed by atoms with Gasteiger partial charge in [0, 0.05) is 45.4 Å². The lowest BCUT2D eigenvalue weighted by atomic mass is 9.94. The van der Waals surface area contributed by atoms with Gasteiger partial charge in [-0.3, -0.25) is 9.78 Å². The predicted octanol–water partition coefficient (Wildman–Crippen LogP) is 1.24. The number of piperidine rings is 1. The monoisotopic (exact) mass is 234 g/mol. The van der Waals surface area contributed by atoms with Crippen molar-refractivity contribution >= 4 is 11.7 Å². The topological polar surface area (TPSA) is 58.1 Å². The van der Waals surface area contributed by atoms with Crippen LogP contribution in [-0.2, 0) is 4.79 Å². The van der Waals surface area contributed by atoms with Crippen LogP contribution in [0.25, 0.3) is 0 Å². The Hall–Kier alpha value is -1.65. The Morgan fingerprint density at radius 1 is 1.47 bits per heavy atom. The summed E-state index contributed by atoms with van der Waals surface area (Å²) in [7, 11) is 1.85. The summed E-state index contributed by atoms with van der Waals surface area (Å²) in [5.74, 6) is 1.26. The van der Waals surface area contributed by atoms with Crippen LogP contribution in [0.1, 0.15) is 31.4 Å². The Kier molecular flexibility index (Phi) is 3.56. The molecule has 1 aromatic rings. The molecular weight excluding hydrogens is 216 g/mol. The number of amides is 1. The quantitative estimate of drug-likeness (QED) is 0.836. The molecule has 1 fully saturated rings. The molecule has 0 spiro atoms. The van der Waals surface area contributed by atoms with Crippen LogP contribution in [0.5, 0.6) is 0 Å². The fraction of sp³-hybridized carbons (Fsp3) is 0.583. The first-order valence-electron chi connectivity index (χ1n) is 5.96. The summed E-state index contributed by atoms with van der Waals surface area (Å²) in [5, 5.41) is 3.06. The molecule has 1 N–H and O–H groups in total. The molecule has 1 aromatic heterocycles. The van der Waals surface area contributed by atoms with Gasteiger partial charge in [-0.15, -0.1) is 0 Å². The number of rotatable bonds is 2. The molecule has 0 radical (unpaired) electrons. The predicted molar refractivity (Wildman–Crippen MR) is 65.8 cm³/mol. The lowest BCUT2D eigenvalue weighted by molar-refractivity contribution is -0.130. The zero-order valence-corrected chi connectivity index (χ0v) is 10.3. The standard InChI is InChI=1S/C12H18N4O/c1-9(17)16-7-3-4-10(8-16)11-12(13-2)15-6-5-14-11/h5-6,10H,3-4,7-8H2,1-2H3,(H,13,15). The minimum atomic E-state index is 0.143. The molecule has 0 aliphatic carbocycles. The molecule has 0 bridgehead atoms. The van der Waals surface area contributed by atoms with E-state index < -0.39 is 0 Å². The fourth-order valence-electron chi connectivity index (χ4n) is 2.33. The average Bonchev–Trinajstić information content (AvgIpc) is 2.39. The molecule has 1 unspecified atom stereocenters. The van der Waals surface area contributed by atoms with Gasteiger partial charge in [0.15, 0.2) is 0 Å². The lowest BCUT2D eigenvalue weighted by Gasteiger charge is -2.32. The third-order valence-corrected chi connectivity index (χ3v) is 3.22. The molecule has 1 amide bonds. The first-order chi connectivity index (χ1) is 8.22. The van der Waals surface area contributed by atoms with Crippen molar-refractivity contribution in [2.24, 2.45) is 0 Å². The van der Waals surface area contributed by atoms with Crippen LogP contribution >= 0.6 is 0 Å². The first-order valence-corrected chi connectivity index (χ1v) is 5.96. The number of nitrogens with zero attached hydrogens (tertiary/aromatic N) is 3. The molecular formula is C12H18N4O. The second-order valence-corrected chi connectivity index (χ2v) is 4.34. The van der Waals surface area contributed by atoms with Gasteiger partial charge in [-0.1, -0.05) is 0 Å². The van der Waals surface area contributed by atoms with Crippen LogP contribution in [0, 0.1) is 0 Å². The summed E-state index contributed by atoms with van der Waals surface area (Å²) in [6.45, 7) is 3.24. The van der Waals surface area contributed by atoms with Crippen molar-refractivity contribution in [1.29, 1.82) is 0 Å². The molecule has 1 atom stereocenters. The molecule has 92 valence electrons. The van der Waals surface area contributed by atoms with Crippen molar-refractivity contribution in [3.63, 3.8) is 0 Å². The van der Waals surface area contributed by atoms with E-state index in [4.69, 9.17) is 0 Å². The highest BCUT2D eigenvalue weighted by atomic mass is 16.2. The van der Waals surface area contributed by atoms with Gasteiger partial charge in [0.2, 0.25) is 5.91 Å². The van der Waals surface area contributed by atoms with Crippen molar-refractivity contribution in [1.82, 2.24) is 14.9 Å². The molecule has 1 aliphatic heterocycles. The Morgan fingerprint density at radius 2 is 2.24 bits per heavy atom. The maximum absolute atomic E-state index is 11.4. The van der Waals surface area contributed by atoms with Crippen LogP contribution in [0.3, 0.4) is 0 Å². The van der Waals surface area contributed by atoms with E-state index in [-0.39, 0.29) is 5.91 Å². The summed E-state index contributed by atoms with van der Waals surface area (Å²) in [6, 6.07) is 0. The van der Waals surface area contributed by atoms with Crippen LogP contribution in [0.15, 0.2) is 12.4 Å². The Balaban J connectivity index is 2.18. The molecule has 5 heteroatoms. The van der Waals surface area contributed by atoms with Gasteiger partial charge in [0.1, 0.15) is 5.82 Å². The highest BCUT2D eigenvalue weighted by Crippen LogP contribution is 2.28. The van der Waals surface area contributed by atoms with Gasteiger partial charge in [0.25, 0.3) is 0 Å². The summed E-state index contributed by atoms with van der Waals surface area (Å²) in [6.07, 6.45) is 5.49. The van der Waals surface area contributed by atoms with E-state index in [0.717, 1.165) is 37.4 Å². The number of carbonyl (C=O) groups is 1. The highest BCUT2D eigenvalue weighted by molar-refractivity contribution is 5.73. The van der Waals surface area contributed by atoms with Crippen LogP contribution in [0.4, 0.5) is 5.82 Å². The number of likely N-dealkylation sites (tertiary alicyclic amines) is 1. The summed E-state index contributed by atoms with van der Waals surface area (Å²) >= 11 is 0. The second kappa shape index (κ2) is 5.12. The second-order valence-electron chi connectivity index (χ2n) is 4.34. The van der Waals surface area contributed by atoms with Gasteiger partial charge >= 0.3 is 0 Å². The minimum Gasteiger partial charge on any atom is -0.372 e. The van der Waals surface area contributed by atoms with Crippen LogP contribution in [-0.4, -0.2) is 40.9 Å². The molecule has 0 aromatic carbocycles. The maximum Gasteiger partial charge on any atom is 0.219 e. The number of aromatic nitrogens is 2. The van der Waals surface area contributed by atoms with E-state index >= 15 is 0 Å². The van der Waals surface area contributed by atoms with E-state index in [2.05, 4.69) is 15.3 Å². The van der Waals surface area contributed by atoms with Gasteiger partial charge < -0.3 is 10.2 Å². The van der Waals surface area contributed by atoms with Gasteiger partial charge in [-0.2, -0.15) is 0 Å². The van der Waals surface area contributed by atoms with Crippen molar-refractivity contribution < 1.29 is 4.79 Å². The van der Waals surface area contributed by atoms with Crippen molar-refractivity contribution in [2.45, 2.75) is 25.7 Å². The average molecular weight is 234 g/mol. The third kappa shape index (κ3) is 2.54. The maximum atomic E-state index is 11.4. The van der Waals surface area contributed by atoms with Crippen molar-refractivity contribution in [3.8, 4) is 0 Å². The molecule has 17 heavy (non-hydrogen) atoms. The molecule has 2 heterocycles. The van der Waals surface area contributed by atoms with E-state index in [9.17, 15) is 4.79 Å². The molecule has 2 rings (SSSR count). The van der Waals surface area contributed by atoms with Gasteiger partial charge in [0.05, 0.1) is 5.69 Å². The smallest absolute Gasteiger partial charge is 0.219 e. The van der Waals surface area contributed by atoms with Gasteiger partial charge in [-0.05, 0) is 12.8 Å². The minimum absolute atomic E-state index is 0.143. The van der Waals surface area contributed by atoms with E-state index in [1.165, 1.54) is 0 Å². The van der Waals surface area contributed by atoms with Gasteiger partial charge in [-0.25, -0.2) is 4.98 Å². The summed E-state index contributed by atoms with van der Waals surface area (Å²) < 4.78 is 0. The number of hydrogen-bond acceptors (Lipinski definition) is 4. The Labute approximate surface area is 101 Å². The van der Waals surface area contributed by atoms with Crippen LogP contribution in [0.2, 0.25) is 0 Å². The largest absolute Gasteiger partial charge is 0.372 e. The third-order valence-electron chi connectivity index (χ3n) is 3.22. The van der Waals surface area contributed by atoms with E-state index in [1.807, 2.05) is 11.9 Å². The summed E-state index contributed by atoms with van der Waals surface area (Å²) in [4.78, 5) is 22.0. The molecule has 5 nitrogen and oxygen atoms in total. The number of carbonyl (C=O) groups excluding carboxylic acids is 1.